The molecule has 0 aliphatic carbocycles. The Balaban J connectivity index is 3.67. The Hall–Kier alpha value is -0.0800. The lowest BCUT2D eigenvalue weighted by Crippen LogP contribution is -2.43. The lowest BCUT2D eigenvalue weighted by Gasteiger charge is -2.32. The number of rotatable bonds is 11. The fourth-order valence-corrected chi connectivity index (χ4v) is 3.59. The smallest absolute Gasteiger partial charge is 0.0805 e. The third-order valence-corrected chi connectivity index (χ3v) is 4.00. The SMILES string of the molecule is CC(C)C[N+](C)(C)CCCCCC[N+](C)(C)CC(C)C. The summed E-state index contributed by atoms with van der Waals surface area (Å²) in [7, 11) is 9.51. The Morgan fingerprint density at radius 3 is 1.10 bits per heavy atom. The van der Waals surface area contributed by atoms with Gasteiger partial charge in [-0.05, 0) is 25.7 Å². The van der Waals surface area contributed by atoms with E-state index in [1.165, 1.54) is 60.8 Å². The molecule has 20 heavy (non-hydrogen) atoms. The predicted octanol–water partition coefficient (Wildman–Crippen LogP) is 4.01. The van der Waals surface area contributed by atoms with E-state index < -0.39 is 0 Å². The van der Waals surface area contributed by atoms with Crippen molar-refractivity contribution in [2.75, 3.05) is 54.4 Å². The molecule has 0 unspecified atom stereocenters. The second kappa shape index (κ2) is 9.04. The lowest BCUT2D eigenvalue weighted by molar-refractivity contribution is -0.894. The summed E-state index contributed by atoms with van der Waals surface area (Å²) in [5.41, 5.74) is 0. The second-order valence-corrected chi connectivity index (χ2v) is 8.89. The summed E-state index contributed by atoms with van der Waals surface area (Å²) in [5.74, 6) is 1.61. The van der Waals surface area contributed by atoms with Gasteiger partial charge < -0.3 is 8.97 Å². The van der Waals surface area contributed by atoms with Gasteiger partial charge in [0.05, 0.1) is 54.4 Å². The summed E-state index contributed by atoms with van der Waals surface area (Å²) in [6.07, 6.45) is 5.58. The van der Waals surface area contributed by atoms with E-state index in [-0.39, 0.29) is 0 Å². The van der Waals surface area contributed by atoms with E-state index in [4.69, 9.17) is 0 Å². The lowest BCUT2D eigenvalue weighted by atomic mass is 10.1. The van der Waals surface area contributed by atoms with Crippen molar-refractivity contribution in [3.8, 4) is 0 Å². The van der Waals surface area contributed by atoms with Crippen LogP contribution in [-0.4, -0.2) is 63.3 Å². The largest absolute Gasteiger partial charge is 0.328 e. The minimum atomic E-state index is 0.805. The van der Waals surface area contributed by atoms with Crippen LogP contribution in [0.5, 0.6) is 0 Å². The first-order chi connectivity index (χ1) is 9.04. The van der Waals surface area contributed by atoms with Gasteiger partial charge in [-0.2, -0.15) is 0 Å². The zero-order chi connectivity index (χ0) is 15.8. The Morgan fingerprint density at radius 1 is 0.550 bits per heavy atom. The average molecular weight is 287 g/mol. The van der Waals surface area contributed by atoms with Crippen molar-refractivity contribution < 1.29 is 8.97 Å². The molecule has 0 aliphatic heterocycles. The molecule has 0 saturated carbocycles. The van der Waals surface area contributed by atoms with Crippen LogP contribution in [0.4, 0.5) is 0 Å². The topological polar surface area (TPSA) is 0 Å². The van der Waals surface area contributed by atoms with Crippen LogP contribution in [0.15, 0.2) is 0 Å². The third-order valence-electron chi connectivity index (χ3n) is 4.00. The van der Waals surface area contributed by atoms with Crippen LogP contribution in [0.25, 0.3) is 0 Å². The van der Waals surface area contributed by atoms with E-state index >= 15 is 0 Å². The molecule has 0 aromatic heterocycles. The molecule has 0 rings (SSSR count). The molecule has 0 heterocycles. The highest BCUT2D eigenvalue weighted by Gasteiger charge is 2.17. The molecule has 0 aromatic rings. The molecule has 0 spiro atoms. The molecule has 122 valence electrons. The summed E-state index contributed by atoms with van der Waals surface area (Å²) in [6, 6.07) is 0. The van der Waals surface area contributed by atoms with E-state index in [1.807, 2.05) is 0 Å². The number of unbranched alkanes of at least 4 members (excludes halogenated alkanes) is 3. The molecular formula is C18H42N2+2. The first-order valence-electron chi connectivity index (χ1n) is 8.68. The molecule has 0 N–H and O–H groups in total. The molecule has 0 aliphatic rings. The van der Waals surface area contributed by atoms with Crippen molar-refractivity contribution in [2.45, 2.75) is 53.4 Å². The van der Waals surface area contributed by atoms with Crippen LogP contribution in [0.2, 0.25) is 0 Å². The molecule has 0 radical (unpaired) electrons. The number of nitrogens with zero attached hydrogens (tertiary/aromatic N) is 2. The summed E-state index contributed by atoms with van der Waals surface area (Å²) >= 11 is 0. The summed E-state index contributed by atoms with van der Waals surface area (Å²) in [4.78, 5) is 0. The van der Waals surface area contributed by atoms with Crippen molar-refractivity contribution in [2.24, 2.45) is 11.8 Å². The van der Waals surface area contributed by atoms with Crippen molar-refractivity contribution >= 4 is 0 Å². The van der Waals surface area contributed by atoms with E-state index in [0.717, 1.165) is 11.8 Å². The van der Waals surface area contributed by atoms with Gasteiger partial charge in [-0.1, -0.05) is 27.7 Å². The summed E-state index contributed by atoms with van der Waals surface area (Å²) < 4.78 is 2.37. The molecule has 0 amide bonds. The highest BCUT2D eigenvalue weighted by atomic mass is 15.3. The fraction of sp³-hybridized carbons (Fsp3) is 1.00. The van der Waals surface area contributed by atoms with Crippen LogP contribution < -0.4 is 0 Å². The molecular weight excluding hydrogens is 244 g/mol. The minimum absolute atomic E-state index is 0.805. The standard InChI is InChI=1S/C18H42N2/c1-17(2)15-19(5,6)13-11-9-10-12-14-20(7,8)16-18(3)4/h17-18H,9-16H2,1-8H3/q+2. The van der Waals surface area contributed by atoms with Gasteiger partial charge in [-0.15, -0.1) is 0 Å². The van der Waals surface area contributed by atoms with Crippen LogP contribution in [0.3, 0.4) is 0 Å². The van der Waals surface area contributed by atoms with Gasteiger partial charge in [0.1, 0.15) is 0 Å². The van der Waals surface area contributed by atoms with E-state index in [9.17, 15) is 0 Å². The van der Waals surface area contributed by atoms with Gasteiger partial charge in [0.25, 0.3) is 0 Å². The second-order valence-electron chi connectivity index (χ2n) is 8.89. The van der Waals surface area contributed by atoms with Crippen LogP contribution in [0.1, 0.15) is 53.4 Å². The van der Waals surface area contributed by atoms with Crippen LogP contribution in [0, 0.1) is 11.8 Å². The molecule has 2 nitrogen and oxygen atoms in total. The predicted molar refractivity (Wildman–Crippen MR) is 91.8 cm³/mol. The third kappa shape index (κ3) is 11.7. The van der Waals surface area contributed by atoms with E-state index in [2.05, 4.69) is 55.9 Å². The zero-order valence-electron chi connectivity index (χ0n) is 15.7. The molecule has 0 aromatic carbocycles. The van der Waals surface area contributed by atoms with Crippen molar-refractivity contribution in [1.82, 2.24) is 0 Å². The minimum Gasteiger partial charge on any atom is -0.328 e. The van der Waals surface area contributed by atoms with Gasteiger partial charge in [0.2, 0.25) is 0 Å². The van der Waals surface area contributed by atoms with Gasteiger partial charge in [-0.25, -0.2) is 0 Å². The Morgan fingerprint density at radius 2 is 0.850 bits per heavy atom. The number of quaternary nitrogens is 2. The Labute approximate surface area is 129 Å². The van der Waals surface area contributed by atoms with E-state index in [0.29, 0.717) is 0 Å². The maximum Gasteiger partial charge on any atom is 0.0805 e. The van der Waals surface area contributed by atoms with Gasteiger partial charge in [0, 0.05) is 11.8 Å². The van der Waals surface area contributed by atoms with Crippen LogP contribution >= 0.6 is 0 Å². The van der Waals surface area contributed by atoms with Crippen molar-refractivity contribution in [1.29, 1.82) is 0 Å². The molecule has 0 atom stereocenters. The normalized spacial score (nSPS) is 13.5. The van der Waals surface area contributed by atoms with Crippen LogP contribution in [-0.2, 0) is 0 Å². The number of hydrogen-bond donors (Lipinski definition) is 0. The van der Waals surface area contributed by atoms with Gasteiger partial charge in [-0.3, -0.25) is 0 Å². The fourth-order valence-electron chi connectivity index (χ4n) is 3.59. The molecule has 0 fully saturated rings. The van der Waals surface area contributed by atoms with Gasteiger partial charge >= 0.3 is 0 Å². The maximum atomic E-state index is 2.38. The van der Waals surface area contributed by atoms with E-state index in [1.54, 1.807) is 0 Å². The first-order valence-corrected chi connectivity index (χ1v) is 8.68. The average Bonchev–Trinajstić information content (AvgIpc) is 2.19. The first kappa shape index (κ1) is 19.9. The van der Waals surface area contributed by atoms with Crippen molar-refractivity contribution in [3.05, 3.63) is 0 Å². The molecule has 0 saturated heterocycles. The highest BCUT2D eigenvalue weighted by Crippen LogP contribution is 2.11. The quantitative estimate of drug-likeness (QED) is 0.398. The maximum absolute atomic E-state index is 2.38. The summed E-state index contributed by atoms with van der Waals surface area (Å²) in [5, 5.41) is 0. The molecule has 0 bridgehead atoms. The van der Waals surface area contributed by atoms with Gasteiger partial charge in [0.15, 0.2) is 0 Å². The highest BCUT2D eigenvalue weighted by molar-refractivity contribution is 4.48. The summed E-state index contributed by atoms with van der Waals surface area (Å²) in [6.45, 7) is 14.6. The molecule has 2 heteroatoms. The Kier molecular flexibility index (Phi) is 9.01. The van der Waals surface area contributed by atoms with Crippen molar-refractivity contribution in [3.63, 3.8) is 0 Å². The number of hydrogen-bond acceptors (Lipinski definition) is 0. The Bertz CT molecular complexity index is 216. The monoisotopic (exact) mass is 286 g/mol. The zero-order valence-corrected chi connectivity index (χ0v) is 15.7.